The van der Waals surface area contributed by atoms with Crippen LogP contribution in [0.3, 0.4) is 0 Å². The van der Waals surface area contributed by atoms with Crippen LogP contribution in [0.25, 0.3) is 0 Å². The van der Waals surface area contributed by atoms with Crippen LogP contribution in [0.2, 0.25) is 0 Å². The number of benzene rings is 1. The predicted molar refractivity (Wildman–Crippen MR) is 69.4 cm³/mol. The minimum atomic E-state index is -0.159. The lowest BCUT2D eigenvalue weighted by Crippen LogP contribution is -2.02. The van der Waals surface area contributed by atoms with Gasteiger partial charge >= 0.3 is 0 Å². The van der Waals surface area contributed by atoms with Crippen molar-refractivity contribution in [1.29, 1.82) is 0 Å². The molecule has 2 aromatic rings. The highest BCUT2D eigenvalue weighted by Crippen LogP contribution is 2.26. The van der Waals surface area contributed by atoms with Crippen LogP contribution in [0.5, 0.6) is 11.5 Å². The second kappa shape index (κ2) is 5.27. The first-order valence-corrected chi connectivity index (χ1v) is 5.95. The number of ketones is 1. The minimum Gasteiger partial charge on any atom is -0.497 e. The molecule has 0 radical (unpaired) electrons. The molecule has 0 spiro atoms. The number of hydrogen-bond acceptors (Lipinski definition) is 4. The summed E-state index contributed by atoms with van der Waals surface area (Å²) < 4.78 is 15.7. The Hall–Kier alpha value is -1.75. The first kappa shape index (κ1) is 12.7. The van der Waals surface area contributed by atoms with E-state index in [1.165, 1.54) is 20.5 Å². The topological polar surface area (TPSA) is 48.7 Å². The Labute approximate surface area is 113 Å². The molecule has 0 unspecified atom stereocenters. The van der Waals surface area contributed by atoms with Gasteiger partial charge in [0.25, 0.3) is 0 Å². The van der Waals surface area contributed by atoms with Crippen LogP contribution in [0.1, 0.15) is 15.9 Å². The van der Waals surface area contributed by atoms with Crippen molar-refractivity contribution in [2.75, 3.05) is 14.2 Å². The Morgan fingerprint density at radius 3 is 2.22 bits per heavy atom. The van der Waals surface area contributed by atoms with Crippen molar-refractivity contribution < 1.29 is 18.7 Å². The van der Waals surface area contributed by atoms with E-state index in [1.54, 1.807) is 24.3 Å². The lowest BCUT2D eigenvalue weighted by atomic mass is 10.1. The summed E-state index contributed by atoms with van der Waals surface area (Å²) in [6.45, 7) is 0. The Morgan fingerprint density at radius 2 is 1.78 bits per heavy atom. The number of furan rings is 1. The summed E-state index contributed by atoms with van der Waals surface area (Å²) in [6.07, 6.45) is 1.45. The lowest BCUT2D eigenvalue weighted by Gasteiger charge is -2.07. The molecule has 1 aromatic heterocycles. The van der Waals surface area contributed by atoms with Crippen LogP contribution < -0.4 is 9.47 Å². The van der Waals surface area contributed by atoms with E-state index in [2.05, 4.69) is 15.9 Å². The molecular weight excluding hydrogens is 300 g/mol. The van der Waals surface area contributed by atoms with Crippen LogP contribution in [0, 0.1) is 0 Å². The van der Waals surface area contributed by atoms with E-state index in [0.29, 0.717) is 27.3 Å². The monoisotopic (exact) mass is 310 g/mol. The molecule has 0 N–H and O–H groups in total. The molecule has 4 nitrogen and oxygen atoms in total. The second-order valence-corrected chi connectivity index (χ2v) is 4.26. The molecule has 0 saturated carbocycles. The summed E-state index contributed by atoms with van der Waals surface area (Å²) in [5.74, 6) is 0.974. The van der Waals surface area contributed by atoms with Gasteiger partial charge in [-0.05, 0) is 34.1 Å². The van der Waals surface area contributed by atoms with Gasteiger partial charge in [0, 0.05) is 11.6 Å². The van der Waals surface area contributed by atoms with Crippen LogP contribution in [-0.2, 0) is 0 Å². The van der Waals surface area contributed by atoms with Gasteiger partial charge in [0.05, 0.1) is 26.0 Å². The fourth-order valence-corrected chi connectivity index (χ4v) is 1.97. The molecule has 1 heterocycles. The van der Waals surface area contributed by atoms with Crippen molar-refractivity contribution in [3.05, 3.63) is 46.3 Å². The standard InChI is InChI=1S/C13H11BrO4/c1-16-9-5-8(6-10(7-9)17-2)12(15)11-3-4-18-13(11)14/h3-7H,1-2H3. The summed E-state index contributed by atoms with van der Waals surface area (Å²) in [5, 5.41) is 0. The van der Waals surface area contributed by atoms with Crippen molar-refractivity contribution in [2.24, 2.45) is 0 Å². The van der Waals surface area contributed by atoms with E-state index >= 15 is 0 Å². The van der Waals surface area contributed by atoms with Crippen LogP contribution >= 0.6 is 15.9 Å². The Bertz CT molecular complexity index is 552. The highest BCUT2D eigenvalue weighted by atomic mass is 79.9. The molecule has 0 bridgehead atoms. The van der Waals surface area contributed by atoms with Gasteiger partial charge in [-0.2, -0.15) is 0 Å². The number of carbonyl (C=O) groups excluding carboxylic acids is 1. The van der Waals surface area contributed by atoms with Crippen molar-refractivity contribution in [3.63, 3.8) is 0 Å². The van der Waals surface area contributed by atoms with E-state index in [1.807, 2.05) is 0 Å². The molecule has 5 heteroatoms. The quantitative estimate of drug-likeness (QED) is 0.813. The van der Waals surface area contributed by atoms with Crippen molar-refractivity contribution in [3.8, 4) is 11.5 Å². The third-order valence-corrected chi connectivity index (χ3v) is 3.09. The summed E-state index contributed by atoms with van der Waals surface area (Å²) in [4.78, 5) is 12.3. The van der Waals surface area contributed by atoms with Gasteiger partial charge in [-0.3, -0.25) is 4.79 Å². The number of hydrogen-bond donors (Lipinski definition) is 0. The maximum absolute atomic E-state index is 12.3. The van der Waals surface area contributed by atoms with Gasteiger partial charge in [-0.15, -0.1) is 0 Å². The molecule has 0 aliphatic heterocycles. The van der Waals surface area contributed by atoms with Crippen LogP contribution in [0.4, 0.5) is 0 Å². The van der Waals surface area contributed by atoms with E-state index in [4.69, 9.17) is 13.9 Å². The molecule has 0 aliphatic rings. The van der Waals surface area contributed by atoms with Crippen molar-refractivity contribution in [2.45, 2.75) is 0 Å². The largest absolute Gasteiger partial charge is 0.497 e. The SMILES string of the molecule is COc1cc(OC)cc(C(=O)c2ccoc2Br)c1. The van der Waals surface area contributed by atoms with E-state index in [9.17, 15) is 4.79 Å². The van der Waals surface area contributed by atoms with Gasteiger partial charge in [0.15, 0.2) is 10.5 Å². The highest BCUT2D eigenvalue weighted by molar-refractivity contribution is 9.10. The second-order valence-electron chi connectivity index (χ2n) is 3.54. The fourth-order valence-electron chi connectivity index (χ4n) is 1.55. The van der Waals surface area contributed by atoms with Gasteiger partial charge in [0.2, 0.25) is 0 Å². The first-order chi connectivity index (χ1) is 8.65. The maximum Gasteiger partial charge on any atom is 0.197 e. The van der Waals surface area contributed by atoms with Crippen molar-refractivity contribution in [1.82, 2.24) is 0 Å². The summed E-state index contributed by atoms with van der Waals surface area (Å²) in [7, 11) is 3.08. The molecule has 0 atom stereocenters. The normalized spacial score (nSPS) is 10.2. The van der Waals surface area contributed by atoms with Gasteiger partial charge in [-0.1, -0.05) is 0 Å². The summed E-state index contributed by atoms with van der Waals surface area (Å²) >= 11 is 3.19. The number of carbonyl (C=O) groups is 1. The van der Waals surface area contributed by atoms with Crippen molar-refractivity contribution >= 4 is 21.7 Å². The maximum atomic E-state index is 12.3. The molecule has 0 fully saturated rings. The first-order valence-electron chi connectivity index (χ1n) is 5.16. The van der Waals surface area contributed by atoms with Gasteiger partial charge in [-0.25, -0.2) is 0 Å². The number of ether oxygens (including phenoxy) is 2. The zero-order chi connectivity index (χ0) is 13.1. The van der Waals surface area contributed by atoms with E-state index < -0.39 is 0 Å². The van der Waals surface area contributed by atoms with Gasteiger partial charge < -0.3 is 13.9 Å². The summed E-state index contributed by atoms with van der Waals surface area (Å²) in [6, 6.07) is 6.63. The number of halogens is 1. The number of rotatable bonds is 4. The van der Waals surface area contributed by atoms with E-state index in [-0.39, 0.29) is 5.78 Å². The minimum absolute atomic E-state index is 0.159. The molecule has 0 saturated heterocycles. The number of methoxy groups -OCH3 is 2. The van der Waals surface area contributed by atoms with Crippen LogP contribution in [-0.4, -0.2) is 20.0 Å². The Balaban J connectivity index is 2.44. The average Bonchev–Trinajstić information content (AvgIpc) is 2.83. The predicted octanol–water partition coefficient (Wildman–Crippen LogP) is 3.29. The Kier molecular flexibility index (Phi) is 3.72. The third kappa shape index (κ3) is 2.41. The molecule has 2 rings (SSSR count). The molecule has 0 aliphatic carbocycles. The fraction of sp³-hybridized carbons (Fsp3) is 0.154. The smallest absolute Gasteiger partial charge is 0.197 e. The Morgan fingerprint density at radius 1 is 1.17 bits per heavy atom. The van der Waals surface area contributed by atoms with Gasteiger partial charge in [0.1, 0.15) is 11.5 Å². The molecular formula is C13H11BrO4. The lowest BCUT2D eigenvalue weighted by molar-refractivity contribution is 0.103. The van der Waals surface area contributed by atoms with Crippen LogP contribution in [0.15, 0.2) is 39.6 Å². The van der Waals surface area contributed by atoms with E-state index in [0.717, 1.165) is 0 Å². The third-order valence-electron chi connectivity index (χ3n) is 2.48. The zero-order valence-electron chi connectivity index (χ0n) is 9.90. The average molecular weight is 311 g/mol. The zero-order valence-corrected chi connectivity index (χ0v) is 11.5. The highest BCUT2D eigenvalue weighted by Gasteiger charge is 2.16. The summed E-state index contributed by atoms with van der Waals surface area (Å²) in [5.41, 5.74) is 0.943. The molecule has 18 heavy (non-hydrogen) atoms. The molecule has 0 amide bonds. The molecule has 1 aromatic carbocycles. The molecule has 94 valence electrons.